The van der Waals surface area contributed by atoms with Gasteiger partial charge in [-0.1, -0.05) is 52.4 Å². The predicted molar refractivity (Wildman–Crippen MR) is 63.3 cm³/mol. The molecule has 1 fully saturated rings. The highest BCUT2D eigenvalue weighted by Crippen LogP contribution is 2.36. The quantitative estimate of drug-likeness (QED) is 0.714. The summed E-state index contributed by atoms with van der Waals surface area (Å²) in [5, 5.41) is 0. The Labute approximate surface area is 89.5 Å². The fourth-order valence-corrected chi connectivity index (χ4v) is 2.98. The smallest absolute Gasteiger partial charge is 0.00231 e. The van der Waals surface area contributed by atoms with E-state index in [1.807, 2.05) is 0 Å². The molecule has 0 radical (unpaired) electrons. The van der Waals surface area contributed by atoms with Crippen molar-refractivity contribution in [3.63, 3.8) is 0 Å². The second-order valence-corrected chi connectivity index (χ2v) is 5.47. The molecule has 1 atom stereocenters. The maximum absolute atomic E-state index is 5.91. The Morgan fingerprint density at radius 3 is 2.36 bits per heavy atom. The highest BCUT2D eigenvalue weighted by molar-refractivity contribution is 4.80. The molecular formula is C13H27N. The largest absolute Gasteiger partial charge is 0.330 e. The Morgan fingerprint density at radius 1 is 1.21 bits per heavy atom. The molecule has 1 rings (SSSR count). The average molecular weight is 197 g/mol. The van der Waals surface area contributed by atoms with Crippen molar-refractivity contribution in [1.29, 1.82) is 0 Å². The SMILES string of the molecule is CCCC(C)(CN)CC1CCCCC1. The van der Waals surface area contributed by atoms with Gasteiger partial charge in [-0.25, -0.2) is 0 Å². The lowest BCUT2D eigenvalue weighted by Gasteiger charge is -2.33. The van der Waals surface area contributed by atoms with Crippen molar-refractivity contribution in [2.24, 2.45) is 17.1 Å². The molecule has 14 heavy (non-hydrogen) atoms. The van der Waals surface area contributed by atoms with E-state index in [4.69, 9.17) is 5.73 Å². The molecule has 0 aliphatic heterocycles. The summed E-state index contributed by atoms with van der Waals surface area (Å²) >= 11 is 0. The number of nitrogens with two attached hydrogens (primary N) is 1. The summed E-state index contributed by atoms with van der Waals surface area (Å²) in [6, 6.07) is 0. The van der Waals surface area contributed by atoms with Crippen LogP contribution in [0.3, 0.4) is 0 Å². The van der Waals surface area contributed by atoms with Crippen molar-refractivity contribution >= 4 is 0 Å². The van der Waals surface area contributed by atoms with Crippen LogP contribution in [-0.4, -0.2) is 6.54 Å². The van der Waals surface area contributed by atoms with Crippen molar-refractivity contribution in [3.8, 4) is 0 Å². The first-order valence-corrected chi connectivity index (χ1v) is 6.40. The third-order valence-corrected chi connectivity index (χ3v) is 3.85. The maximum atomic E-state index is 5.91. The van der Waals surface area contributed by atoms with Gasteiger partial charge in [-0.3, -0.25) is 0 Å². The van der Waals surface area contributed by atoms with Gasteiger partial charge in [0, 0.05) is 0 Å². The normalized spacial score (nSPS) is 23.4. The minimum Gasteiger partial charge on any atom is -0.330 e. The molecule has 84 valence electrons. The zero-order valence-corrected chi connectivity index (χ0v) is 10.0. The van der Waals surface area contributed by atoms with E-state index in [0.717, 1.165) is 12.5 Å². The van der Waals surface area contributed by atoms with Crippen molar-refractivity contribution in [1.82, 2.24) is 0 Å². The van der Waals surface area contributed by atoms with Gasteiger partial charge in [0.25, 0.3) is 0 Å². The zero-order valence-electron chi connectivity index (χ0n) is 10.0. The first-order valence-electron chi connectivity index (χ1n) is 6.40. The van der Waals surface area contributed by atoms with Gasteiger partial charge in [-0.15, -0.1) is 0 Å². The molecule has 0 aromatic heterocycles. The molecule has 0 saturated heterocycles. The van der Waals surface area contributed by atoms with Crippen LogP contribution >= 0.6 is 0 Å². The molecule has 0 bridgehead atoms. The van der Waals surface area contributed by atoms with E-state index in [1.54, 1.807) is 0 Å². The number of hydrogen-bond acceptors (Lipinski definition) is 1. The van der Waals surface area contributed by atoms with Crippen LogP contribution in [0.4, 0.5) is 0 Å². The lowest BCUT2D eigenvalue weighted by atomic mass is 9.73. The maximum Gasteiger partial charge on any atom is -0.00231 e. The Kier molecular flexibility index (Phi) is 4.94. The summed E-state index contributed by atoms with van der Waals surface area (Å²) in [7, 11) is 0. The molecule has 0 aromatic carbocycles. The second kappa shape index (κ2) is 5.75. The van der Waals surface area contributed by atoms with E-state index in [1.165, 1.54) is 51.4 Å². The van der Waals surface area contributed by atoms with E-state index in [2.05, 4.69) is 13.8 Å². The summed E-state index contributed by atoms with van der Waals surface area (Å²) < 4.78 is 0. The molecule has 1 aliphatic carbocycles. The van der Waals surface area contributed by atoms with Crippen molar-refractivity contribution in [2.45, 2.75) is 65.2 Å². The van der Waals surface area contributed by atoms with Gasteiger partial charge in [0.05, 0.1) is 0 Å². The highest BCUT2D eigenvalue weighted by Gasteiger charge is 2.26. The molecule has 1 saturated carbocycles. The minimum absolute atomic E-state index is 0.427. The van der Waals surface area contributed by atoms with Gasteiger partial charge in [-0.2, -0.15) is 0 Å². The van der Waals surface area contributed by atoms with Crippen molar-refractivity contribution in [2.75, 3.05) is 6.54 Å². The van der Waals surface area contributed by atoms with Crippen molar-refractivity contribution in [3.05, 3.63) is 0 Å². The Balaban J connectivity index is 2.37. The minimum atomic E-state index is 0.427. The van der Waals surface area contributed by atoms with E-state index < -0.39 is 0 Å². The Bertz CT molecular complexity index is 149. The number of rotatable bonds is 5. The standard InChI is InChI=1S/C13H27N/c1-3-9-13(2,11-14)10-12-7-5-4-6-8-12/h12H,3-11,14H2,1-2H3. The van der Waals surface area contributed by atoms with Crippen LogP contribution in [-0.2, 0) is 0 Å². The monoisotopic (exact) mass is 197 g/mol. The summed E-state index contributed by atoms with van der Waals surface area (Å²) in [6.07, 6.45) is 11.2. The van der Waals surface area contributed by atoms with Crippen LogP contribution in [0.2, 0.25) is 0 Å². The van der Waals surface area contributed by atoms with Gasteiger partial charge >= 0.3 is 0 Å². The topological polar surface area (TPSA) is 26.0 Å². The van der Waals surface area contributed by atoms with Gasteiger partial charge in [0.2, 0.25) is 0 Å². The van der Waals surface area contributed by atoms with Gasteiger partial charge in [0.1, 0.15) is 0 Å². The first-order chi connectivity index (χ1) is 6.70. The highest BCUT2D eigenvalue weighted by atomic mass is 14.6. The van der Waals surface area contributed by atoms with Crippen LogP contribution in [0, 0.1) is 11.3 Å². The van der Waals surface area contributed by atoms with E-state index in [-0.39, 0.29) is 0 Å². The van der Waals surface area contributed by atoms with Crippen LogP contribution in [0.15, 0.2) is 0 Å². The van der Waals surface area contributed by atoms with Crippen molar-refractivity contribution < 1.29 is 0 Å². The number of hydrogen-bond donors (Lipinski definition) is 1. The molecule has 1 nitrogen and oxygen atoms in total. The lowest BCUT2D eigenvalue weighted by Crippen LogP contribution is -2.30. The lowest BCUT2D eigenvalue weighted by molar-refractivity contribution is 0.195. The molecule has 2 N–H and O–H groups in total. The third kappa shape index (κ3) is 3.61. The van der Waals surface area contributed by atoms with Crippen LogP contribution in [0.25, 0.3) is 0 Å². The second-order valence-electron chi connectivity index (χ2n) is 5.47. The van der Waals surface area contributed by atoms with Gasteiger partial charge in [-0.05, 0) is 30.7 Å². The molecule has 1 aliphatic rings. The van der Waals surface area contributed by atoms with Crippen LogP contribution < -0.4 is 5.73 Å². The molecule has 0 amide bonds. The fraction of sp³-hybridized carbons (Fsp3) is 1.00. The predicted octanol–water partition coefficient (Wildman–Crippen LogP) is 3.72. The molecule has 1 heteroatoms. The summed E-state index contributed by atoms with van der Waals surface area (Å²) in [4.78, 5) is 0. The molecule has 0 heterocycles. The first kappa shape index (κ1) is 12.0. The van der Waals surface area contributed by atoms with Crippen LogP contribution in [0.1, 0.15) is 65.2 Å². The van der Waals surface area contributed by atoms with E-state index in [0.29, 0.717) is 5.41 Å². The van der Waals surface area contributed by atoms with E-state index >= 15 is 0 Å². The summed E-state index contributed by atoms with van der Waals surface area (Å²) in [6.45, 7) is 5.53. The molecule has 0 aromatic rings. The summed E-state index contributed by atoms with van der Waals surface area (Å²) in [5.74, 6) is 0.976. The average Bonchev–Trinajstić information content (AvgIpc) is 2.20. The fourth-order valence-electron chi connectivity index (χ4n) is 2.98. The third-order valence-electron chi connectivity index (χ3n) is 3.85. The van der Waals surface area contributed by atoms with Gasteiger partial charge < -0.3 is 5.73 Å². The van der Waals surface area contributed by atoms with Gasteiger partial charge in [0.15, 0.2) is 0 Å². The molecular weight excluding hydrogens is 170 g/mol. The summed E-state index contributed by atoms with van der Waals surface area (Å²) in [5.41, 5.74) is 6.34. The molecule has 0 spiro atoms. The Hall–Kier alpha value is -0.0400. The van der Waals surface area contributed by atoms with E-state index in [9.17, 15) is 0 Å². The Morgan fingerprint density at radius 2 is 1.86 bits per heavy atom. The van der Waals surface area contributed by atoms with Crippen LogP contribution in [0.5, 0.6) is 0 Å². The molecule has 1 unspecified atom stereocenters. The zero-order chi connectivity index (χ0) is 10.4.